The van der Waals surface area contributed by atoms with E-state index in [9.17, 15) is 34.5 Å². The Morgan fingerprint density at radius 2 is 1.00 bits per heavy atom. The van der Waals surface area contributed by atoms with Crippen LogP contribution in [-0.4, -0.2) is 118 Å². The van der Waals surface area contributed by atoms with Gasteiger partial charge in [0.2, 0.25) is 0 Å². The second-order valence-corrected chi connectivity index (χ2v) is 26.4. The molecule has 5 heterocycles. The van der Waals surface area contributed by atoms with Gasteiger partial charge in [0.1, 0.15) is 30.5 Å². The second kappa shape index (κ2) is 20.3. The number of fused-ring (bicyclic) bond motifs is 11. The number of allylic oxidation sites excluding steroid dienone is 3. The van der Waals surface area contributed by atoms with Crippen LogP contribution in [0.3, 0.4) is 0 Å². The number of aliphatic hydroxyl groups excluding tert-OH is 1. The van der Waals surface area contributed by atoms with Gasteiger partial charge in [-0.15, -0.1) is 0 Å². The number of rotatable bonds is 2. The quantitative estimate of drug-likeness (QED) is 0.0779. The minimum Gasteiger partial charge on any atom is -0.458 e. The molecular formula is C62H88O14. The highest BCUT2D eigenvalue weighted by Gasteiger charge is 2.65. The summed E-state index contributed by atoms with van der Waals surface area (Å²) in [6, 6.07) is 0. The van der Waals surface area contributed by atoms with E-state index in [0.29, 0.717) is 28.2 Å². The molecule has 0 aromatic heterocycles. The summed E-state index contributed by atoms with van der Waals surface area (Å²) < 4.78 is 39.5. The van der Waals surface area contributed by atoms with Crippen LogP contribution < -0.4 is 0 Å². The summed E-state index contributed by atoms with van der Waals surface area (Å²) in [4.78, 5) is 47.0. The Hall–Kier alpha value is -3.92. The zero-order valence-electron chi connectivity index (χ0n) is 46.9. The first-order valence-electron chi connectivity index (χ1n) is 28.4. The fourth-order valence-electron chi connectivity index (χ4n) is 16.6. The van der Waals surface area contributed by atoms with Crippen molar-refractivity contribution >= 4 is 23.9 Å². The molecule has 76 heavy (non-hydrogen) atoms. The molecule has 14 heteroatoms. The van der Waals surface area contributed by atoms with Gasteiger partial charge in [0, 0.05) is 77.4 Å². The largest absolute Gasteiger partial charge is 0.458 e. The average Bonchev–Trinajstić information content (AvgIpc) is 3.73. The minimum atomic E-state index is -0.803. The second-order valence-electron chi connectivity index (χ2n) is 26.4. The molecule has 420 valence electrons. The van der Waals surface area contributed by atoms with Crippen LogP contribution in [0, 0.1) is 58.7 Å². The van der Waals surface area contributed by atoms with Crippen molar-refractivity contribution in [3.8, 4) is 0 Å². The van der Waals surface area contributed by atoms with Crippen LogP contribution in [0.5, 0.6) is 0 Å². The molecule has 7 aliphatic carbocycles. The van der Waals surface area contributed by atoms with Gasteiger partial charge >= 0.3 is 23.9 Å². The summed E-state index contributed by atoms with van der Waals surface area (Å²) in [6.45, 7) is 34.0. The highest BCUT2D eigenvalue weighted by Crippen LogP contribution is 2.61. The van der Waals surface area contributed by atoms with Crippen LogP contribution in [0.1, 0.15) is 151 Å². The van der Waals surface area contributed by atoms with Crippen molar-refractivity contribution in [1.82, 2.24) is 0 Å². The van der Waals surface area contributed by atoms with E-state index in [0.717, 1.165) is 103 Å². The molecule has 3 N–H and O–H groups in total. The molecule has 5 aliphatic heterocycles. The summed E-state index contributed by atoms with van der Waals surface area (Å²) in [5.74, 6) is -0.275. The number of hydrogen-bond donors (Lipinski definition) is 3. The summed E-state index contributed by atoms with van der Waals surface area (Å²) in [5, 5.41) is 32.2. The van der Waals surface area contributed by atoms with Crippen molar-refractivity contribution in [3.63, 3.8) is 0 Å². The van der Waals surface area contributed by atoms with E-state index in [2.05, 4.69) is 73.6 Å². The van der Waals surface area contributed by atoms with Crippen LogP contribution in [0.2, 0.25) is 0 Å². The molecular weight excluding hydrogens is 969 g/mol. The average molecular weight is 1060 g/mol. The van der Waals surface area contributed by atoms with E-state index in [4.69, 9.17) is 33.2 Å². The maximum atomic E-state index is 11.8. The van der Waals surface area contributed by atoms with Gasteiger partial charge in [-0.2, -0.15) is 0 Å². The third-order valence-electron chi connectivity index (χ3n) is 22.0. The SMILES string of the molecule is C=C1C(=O)O[C@@H]2[C@@H](O)[C@]3(C)CC[C@H]3[C@](C)(OC)CC[C@@H]12.C=C1C(=O)O[C@@H]2[C@@H]3[C@@H](CC[C@@]3(C)O)C(=C)CC[C@@H]12.C=C1C(=O)O[C@@H]2[C@@H]3[C@@H](CC[C@@]3(C)O)[C@](C)(OC)CC[C@@H]12.C=C1C(=O)O[C@H]2[C@H]1CC/C(C)=C/CC[C@@]1(C)O[C@@H]21. The van der Waals surface area contributed by atoms with E-state index in [1.807, 2.05) is 13.8 Å². The van der Waals surface area contributed by atoms with E-state index in [1.54, 1.807) is 14.2 Å². The predicted molar refractivity (Wildman–Crippen MR) is 284 cm³/mol. The topological polar surface area (TPSA) is 197 Å². The van der Waals surface area contributed by atoms with Gasteiger partial charge in [0.05, 0.1) is 34.1 Å². The Kier molecular flexibility index (Phi) is 15.2. The fourth-order valence-corrected chi connectivity index (χ4v) is 16.6. The number of methoxy groups -OCH3 is 2. The first kappa shape index (κ1) is 56.8. The van der Waals surface area contributed by atoms with Gasteiger partial charge in [-0.05, 0) is 162 Å². The van der Waals surface area contributed by atoms with Gasteiger partial charge in [-0.25, -0.2) is 19.2 Å². The monoisotopic (exact) mass is 1060 g/mol. The van der Waals surface area contributed by atoms with E-state index < -0.39 is 23.4 Å². The lowest BCUT2D eigenvalue weighted by Crippen LogP contribution is -2.62. The highest BCUT2D eigenvalue weighted by atomic mass is 16.6. The standard InChI is InChI=1S/2C16H24O4.2C15H20O3/c1-9-10-5-8-16(3,19-4)11-6-7-15(2,18)12(11)13(10)20-14(9)17;1-9-10-5-8-16(3,19-4)11-6-7-15(11,2)13(17)12(10)20-14(9)18;1-9-5-4-8-15(3)13(18-15)12-11(7-6-9)10(2)14(16)17-12;1-8-4-5-11-9(2)14(16)18-13(11)12-10(8)6-7-15(12,3)17/h10-13,18H,1,5-8H2,2-4H3;10-13,17H,1,5-8H2,2-4H3;5,11-13H,2,4,6-8H2,1,3H3;10-13,17H,1-2,4-7H2,3H3/b;;9-5+;/t10-,11+,12-,13-,15+,16+;10-,11+,12-,13+,15+,16+;11-,12-,13-,15+;10-,11-,12-,13-,15+/m0000/s1. The number of aliphatic hydroxyl groups is 3. The van der Waals surface area contributed by atoms with Gasteiger partial charge in [0.15, 0.2) is 0 Å². The number of esters is 4. The summed E-state index contributed by atoms with van der Waals surface area (Å²) in [7, 11) is 3.49. The van der Waals surface area contributed by atoms with Gasteiger partial charge in [0.25, 0.3) is 0 Å². The van der Waals surface area contributed by atoms with Crippen molar-refractivity contribution in [1.29, 1.82) is 0 Å². The van der Waals surface area contributed by atoms with Crippen LogP contribution >= 0.6 is 0 Å². The Balaban J connectivity index is 0.000000124. The molecule has 0 bridgehead atoms. The Labute approximate surface area is 451 Å². The third kappa shape index (κ3) is 9.66. The third-order valence-corrected chi connectivity index (χ3v) is 22.0. The van der Waals surface area contributed by atoms with E-state index in [1.165, 1.54) is 11.1 Å². The normalized spacial score (nSPS) is 49.3. The van der Waals surface area contributed by atoms with Crippen molar-refractivity contribution in [2.24, 2.45) is 58.7 Å². The number of epoxide rings is 1. The predicted octanol–water partition coefficient (Wildman–Crippen LogP) is 9.09. The van der Waals surface area contributed by atoms with Crippen molar-refractivity contribution < 1.29 is 67.7 Å². The lowest BCUT2D eigenvalue weighted by atomic mass is 9.50. The Morgan fingerprint density at radius 3 is 1.57 bits per heavy atom. The molecule has 0 radical (unpaired) electrons. The molecule has 12 rings (SSSR count). The first-order chi connectivity index (χ1) is 35.6. The molecule has 12 aliphatic rings. The number of hydrogen-bond acceptors (Lipinski definition) is 14. The lowest BCUT2D eigenvalue weighted by Gasteiger charge is -2.59. The van der Waals surface area contributed by atoms with E-state index >= 15 is 0 Å². The fraction of sp³-hybridized carbons (Fsp3) is 0.742. The number of carbonyl (C=O) groups excluding carboxylic acids is 4. The molecule has 21 atom stereocenters. The Morgan fingerprint density at radius 1 is 0.539 bits per heavy atom. The van der Waals surface area contributed by atoms with Crippen LogP contribution in [0.4, 0.5) is 0 Å². The maximum Gasteiger partial charge on any atom is 0.334 e. The molecule has 11 fully saturated rings. The van der Waals surface area contributed by atoms with Crippen molar-refractivity contribution in [2.75, 3.05) is 14.2 Å². The summed E-state index contributed by atoms with van der Waals surface area (Å²) in [5.41, 5.74) is 2.47. The molecule has 0 aromatic carbocycles. The molecule has 0 spiro atoms. The van der Waals surface area contributed by atoms with Gasteiger partial charge in [-0.1, -0.05) is 57.0 Å². The van der Waals surface area contributed by atoms with E-state index in [-0.39, 0.29) is 118 Å². The smallest absolute Gasteiger partial charge is 0.334 e. The highest BCUT2D eigenvalue weighted by molar-refractivity contribution is 5.92. The maximum absolute atomic E-state index is 11.8. The molecule has 6 saturated carbocycles. The zero-order chi connectivity index (χ0) is 55.4. The van der Waals surface area contributed by atoms with Crippen LogP contribution in [0.15, 0.2) is 72.4 Å². The molecule has 0 aromatic rings. The van der Waals surface area contributed by atoms with Gasteiger partial charge in [-0.3, -0.25) is 0 Å². The lowest BCUT2D eigenvalue weighted by molar-refractivity contribution is -0.214. The first-order valence-corrected chi connectivity index (χ1v) is 28.4. The molecule has 0 amide bonds. The van der Waals surface area contributed by atoms with Crippen molar-refractivity contribution in [3.05, 3.63) is 72.4 Å². The number of ether oxygens (including phenoxy) is 7. The summed E-state index contributed by atoms with van der Waals surface area (Å²) in [6.07, 6.45) is 15.2. The molecule has 5 saturated heterocycles. The number of carbonyl (C=O) groups is 4. The molecule has 14 nitrogen and oxygen atoms in total. The Bertz CT molecular complexity index is 2450. The van der Waals surface area contributed by atoms with Crippen LogP contribution in [-0.2, 0) is 52.3 Å². The van der Waals surface area contributed by atoms with Crippen molar-refractivity contribution in [2.45, 2.75) is 216 Å². The van der Waals surface area contributed by atoms with Gasteiger partial charge < -0.3 is 48.5 Å². The zero-order valence-corrected chi connectivity index (χ0v) is 46.9. The van der Waals surface area contributed by atoms with Crippen LogP contribution in [0.25, 0.3) is 0 Å². The minimum absolute atomic E-state index is 0.0132. The molecule has 0 unspecified atom stereocenters. The summed E-state index contributed by atoms with van der Waals surface area (Å²) >= 11 is 0.